The highest BCUT2D eigenvalue weighted by molar-refractivity contribution is 5.84. The average molecular weight is 349 g/mol. The van der Waals surface area contributed by atoms with Crippen molar-refractivity contribution in [2.24, 2.45) is 5.92 Å². The molecule has 2 fully saturated rings. The highest BCUT2D eigenvalue weighted by Crippen LogP contribution is 2.25. The van der Waals surface area contributed by atoms with Crippen LogP contribution in [0.3, 0.4) is 0 Å². The number of hydrogen-bond acceptors (Lipinski definition) is 3. The molecular formula is C16H26F3N3O2. The summed E-state index contributed by atoms with van der Waals surface area (Å²) in [5.74, 6) is -0.117. The van der Waals surface area contributed by atoms with Crippen LogP contribution in [-0.4, -0.2) is 66.1 Å². The van der Waals surface area contributed by atoms with Gasteiger partial charge in [0.25, 0.3) is 0 Å². The molecule has 0 aromatic rings. The summed E-state index contributed by atoms with van der Waals surface area (Å²) in [6, 6.07) is -0.476. The monoisotopic (exact) mass is 349 g/mol. The van der Waals surface area contributed by atoms with E-state index in [0.717, 1.165) is 17.7 Å². The third kappa shape index (κ3) is 4.62. The molecule has 5 nitrogen and oxygen atoms in total. The zero-order valence-corrected chi connectivity index (χ0v) is 14.2. The van der Waals surface area contributed by atoms with Crippen LogP contribution in [0.2, 0.25) is 0 Å². The lowest BCUT2D eigenvalue weighted by Gasteiger charge is -2.39. The van der Waals surface area contributed by atoms with Crippen molar-refractivity contribution in [3.8, 4) is 0 Å². The molecule has 1 N–H and O–H groups in total. The van der Waals surface area contributed by atoms with Gasteiger partial charge in [-0.05, 0) is 18.8 Å². The average Bonchev–Trinajstić information content (AvgIpc) is 2.86. The maximum absolute atomic E-state index is 12.5. The van der Waals surface area contributed by atoms with E-state index >= 15 is 0 Å². The van der Waals surface area contributed by atoms with Gasteiger partial charge in [-0.25, -0.2) is 0 Å². The fraction of sp³-hybridized carbons (Fsp3) is 0.875. The van der Waals surface area contributed by atoms with E-state index in [0.29, 0.717) is 25.9 Å². The van der Waals surface area contributed by atoms with E-state index in [1.54, 1.807) is 0 Å². The SMILES string of the molecule is CCC(=O)N1CC[C@H](N[C@H]2CCN(CC(F)(F)F)C2=O)[C@@H](CC)C1. The predicted molar refractivity (Wildman–Crippen MR) is 83.2 cm³/mol. The summed E-state index contributed by atoms with van der Waals surface area (Å²) in [4.78, 5) is 26.7. The molecule has 0 radical (unpaired) electrons. The Bertz CT molecular complexity index is 470. The van der Waals surface area contributed by atoms with Crippen LogP contribution in [0.5, 0.6) is 0 Å². The summed E-state index contributed by atoms with van der Waals surface area (Å²) < 4.78 is 37.5. The minimum Gasteiger partial charge on any atom is -0.342 e. The molecule has 2 aliphatic rings. The summed E-state index contributed by atoms with van der Waals surface area (Å²) in [6.45, 7) is 4.11. The highest BCUT2D eigenvalue weighted by Gasteiger charge is 2.41. The summed E-state index contributed by atoms with van der Waals surface area (Å²) in [5.41, 5.74) is 0. The molecule has 0 aliphatic carbocycles. The van der Waals surface area contributed by atoms with Gasteiger partial charge in [0.15, 0.2) is 0 Å². The Morgan fingerprint density at radius 2 is 1.96 bits per heavy atom. The van der Waals surface area contributed by atoms with Gasteiger partial charge in [0.2, 0.25) is 11.8 Å². The number of amides is 2. The van der Waals surface area contributed by atoms with Crippen molar-refractivity contribution in [3.05, 3.63) is 0 Å². The van der Waals surface area contributed by atoms with Gasteiger partial charge in [0.1, 0.15) is 6.54 Å². The predicted octanol–water partition coefficient (Wildman–Crippen LogP) is 1.78. The molecule has 2 heterocycles. The number of nitrogens with zero attached hydrogens (tertiary/aromatic N) is 2. The number of rotatable bonds is 5. The summed E-state index contributed by atoms with van der Waals surface area (Å²) in [6.07, 6.45) is -1.89. The van der Waals surface area contributed by atoms with Gasteiger partial charge < -0.3 is 15.1 Å². The molecule has 0 unspecified atom stereocenters. The Morgan fingerprint density at radius 3 is 2.54 bits per heavy atom. The van der Waals surface area contributed by atoms with Crippen molar-refractivity contribution in [2.45, 2.75) is 57.8 Å². The first-order valence-electron chi connectivity index (χ1n) is 8.64. The number of hydrogen-bond donors (Lipinski definition) is 1. The minimum absolute atomic E-state index is 0.0655. The normalized spacial score (nSPS) is 28.5. The van der Waals surface area contributed by atoms with Gasteiger partial charge in [-0.1, -0.05) is 20.3 Å². The Hall–Kier alpha value is -1.31. The summed E-state index contributed by atoms with van der Waals surface area (Å²) in [5, 5.41) is 3.27. The zero-order chi connectivity index (χ0) is 17.9. The lowest BCUT2D eigenvalue weighted by molar-refractivity contribution is -0.158. The second-order valence-corrected chi connectivity index (χ2v) is 6.64. The molecule has 2 saturated heterocycles. The van der Waals surface area contributed by atoms with E-state index < -0.39 is 24.7 Å². The fourth-order valence-electron chi connectivity index (χ4n) is 3.64. The lowest BCUT2D eigenvalue weighted by atomic mass is 9.89. The topological polar surface area (TPSA) is 52.7 Å². The Morgan fingerprint density at radius 1 is 1.25 bits per heavy atom. The third-order valence-electron chi connectivity index (χ3n) is 5.00. The van der Waals surface area contributed by atoms with E-state index in [4.69, 9.17) is 0 Å². The summed E-state index contributed by atoms with van der Waals surface area (Å²) >= 11 is 0. The van der Waals surface area contributed by atoms with E-state index in [9.17, 15) is 22.8 Å². The Balaban J connectivity index is 1.91. The second-order valence-electron chi connectivity index (χ2n) is 6.64. The molecule has 0 aromatic carbocycles. The number of alkyl halides is 3. The van der Waals surface area contributed by atoms with Crippen LogP contribution < -0.4 is 5.32 Å². The van der Waals surface area contributed by atoms with Gasteiger partial charge in [0, 0.05) is 32.1 Å². The molecule has 2 rings (SSSR count). The lowest BCUT2D eigenvalue weighted by Crippen LogP contribution is -2.54. The number of carbonyl (C=O) groups is 2. The van der Waals surface area contributed by atoms with Crippen LogP contribution in [0.4, 0.5) is 13.2 Å². The quantitative estimate of drug-likeness (QED) is 0.823. The number of nitrogens with one attached hydrogen (secondary N) is 1. The first kappa shape index (κ1) is 19.0. The molecule has 8 heteroatoms. The molecule has 24 heavy (non-hydrogen) atoms. The van der Waals surface area contributed by atoms with Crippen molar-refractivity contribution in [1.29, 1.82) is 0 Å². The number of carbonyl (C=O) groups excluding carboxylic acids is 2. The largest absolute Gasteiger partial charge is 0.406 e. The van der Waals surface area contributed by atoms with Crippen molar-refractivity contribution in [1.82, 2.24) is 15.1 Å². The number of piperidine rings is 1. The Kier molecular flexibility index (Phi) is 6.11. The molecule has 138 valence electrons. The first-order chi connectivity index (χ1) is 11.2. The van der Waals surface area contributed by atoms with Crippen molar-refractivity contribution in [2.75, 3.05) is 26.2 Å². The molecule has 0 aromatic heterocycles. The fourth-order valence-corrected chi connectivity index (χ4v) is 3.64. The molecule has 3 atom stereocenters. The maximum atomic E-state index is 12.5. The standard InChI is InChI=1S/C16H26F3N3O2/c1-3-11-9-21(14(23)4-2)7-5-12(11)20-13-6-8-22(15(13)24)10-16(17,18)19/h11-13,20H,3-10H2,1-2H3/t11-,12-,13-/m0/s1. The van der Waals surface area contributed by atoms with E-state index in [-0.39, 0.29) is 24.4 Å². The van der Waals surface area contributed by atoms with Crippen LogP contribution in [0.25, 0.3) is 0 Å². The van der Waals surface area contributed by atoms with Crippen molar-refractivity contribution >= 4 is 11.8 Å². The van der Waals surface area contributed by atoms with Crippen LogP contribution in [-0.2, 0) is 9.59 Å². The van der Waals surface area contributed by atoms with E-state index in [2.05, 4.69) is 5.32 Å². The van der Waals surface area contributed by atoms with Crippen LogP contribution in [0, 0.1) is 5.92 Å². The van der Waals surface area contributed by atoms with Crippen molar-refractivity contribution < 1.29 is 22.8 Å². The molecular weight excluding hydrogens is 323 g/mol. The molecule has 0 saturated carbocycles. The molecule has 2 aliphatic heterocycles. The minimum atomic E-state index is -4.36. The van der Waals surface area contributed by atoms with Gasteiger partial charge in [-0.15, -0.1) is 0 Å². The van der Waals surface area contributed by atoms with Crippen LogP contribution >= 0.6 is 0 Å². The number of likely N-dealkylation sites (tertiary alicyclic amines) is 2. The van der Waals surface area contributed by atoms with Gasteiger partial charge in [-0.3, -0.25) is 9.59 Å². The van der Waals surface area contributed by atoms with Gasteiger partial charge in [-0.2, -0.15) is 13.2 Å². The zero-order valence-electron chi connectivity index (χ0n) is 14.2. The molecule has 0 spiro atoms. The maximum Gasteiger partial charge on any atom is 0.406 e. The first-order valence-corrected chi connectivity index (χ1v) is 8.64. The van der Waals surface area contributed by atoms with E-state index in [1.165, 1.54) is 0 Å². The van der Waals surface area contributed by atoms with Gasteiger partial charge >= 0.3 is 6.18 Å². The van der Waals surface area contributed by atoms with Gasteiger partial charge in [0.05, 0.1) is 6.04 Å². The Labute approximate surface area is 140 Å². The molecule has 2 amide bonds. The third-order valence-corrected chi connectivity index (χ3v) is 5.00. The second kappa shape index (κ2) is 7.72. The highest BCUT2D eigenvalue weighted by atomic mass is 19.4. The van der Waals surface area contributed by atoms with Crippen LogP contribution in [0.1, 0.15) is 39.5 Å². The summed E-state index contributed by atoms with van der Waals surface area (Å²) in [7, 11) is 0. The smallest absolute Gasteiger partial charge is 0.342 e. The molecule has 0 bridgehead atoms. The van der Waals surface area contributed by atoms with Crippen molar-refractivity contribution in [3.63, 3.8) is 0 Å². The van der Waals surface area contributed by atoms with Crippen LogP contribution in [0.15, 0.2) is 0 Å². The van der Waals surface area contributed by atoms with E-state index in [1.807, 2.05) is 18.7 Å². The number of halogens is 3.